The lowest BCUT2D eigenvalue weighted by Gasteiger charge is -2.40. The summed E-state index contributed by atoms with van der Waals surface area (Å²) in [6.07, 6.45) is 3.75. The Kier molecular flexibility index (Phi) is 6.01. The molecule has 2 heterocycles. The number of aromatic nitrogens is 1. The van der Waals surface area contributed by atoms with Gasteiger partial charge in [-0.25, -0.2) is 0 Å². The molecular weight excluding hydrogens is 324 g/mol. The number of hydrogen-bond acceptors (Lipinski definition) is 4. The van der Waals surface area contributed by atoms with Crippen LogP contribution in [0.15, 0.2) is 48.8 Å². The van der Waals surface area contributed by atoms with Crippen molar-refractivity contribution in [3.05, 3.63) is 59.9 Å². The number of pyridine rings is 1. The van der Waals surface area contributed by atoms with E-state index in [1.807, 2.05) is 56.6 Å². The Bertz CT molecular complexity index is 726. The normalized spacial score (nSPS) is 18.3. The predicted octanol–water partition coefficient (Wildman–Crippen LogP) is 3.10. The molecule has 1 N–H and O–H groups in total. The van der Waals surface area contributed by atoms with Crippen LogP contribution in [-0.2, 0) is 4.79 Å². The lowest BCUT2D eigenvalue weighted by Crippen LogP contribution is -2.53. The summed E-state index contributed by atoms with van der Waals surface area (Å²) in [6, 6.07) is 12.2. The molecule has 0 saturated carbocycles. The summed E-state index contributed by atoms with van der Waals surface area (Å²) in [6.45, 7) is 9.93. The second kappa shape index (κ2) is 8.43. The molecule has 3 rings (SSSR count). The van der Waals surface area contributed by atoms with Gasteiger partial charge in [0.25, 0.3) is 0 Å². The van der Waals surface area contributed by atoms with Gasteiger partial charge in [0.2, 0.25) is 5.91 Å². The molecule has 5 nitrogen and oxygen atoms in total. The third kappa shape index (κ3) is 4.29. The van der Waals surface area contributed by atoms with Gasteiger partial charge >= 0.3 is 0 Å². The smallest absolute Gasteiger partial charge is 0.241 e. The highest BCUT2D eigenvalue weighted by Crippen LogP contribution is 2.21. The average Bonchev–Trinajstić information content (AvgIpc) is 2.69. The molecule has 0 aliphatic carbocycles. The van der Waals surface area contributed by atoms with Crippen LogP contribution in [-0.4, -0.2) is 52.9 Å². The molecule has 1 amide bonds. The topological polar surface area (TPSA) is 48.5 Å². The fraction of sp³-hybridized carbons (Fsp3) is 0.429. The molecule has 1 aliphatic heterocycles. The van der Waals surface area contributed by atoms with Gasteiger partial charge < -0.3 is 5.32 Å². The van der Waals surface area contributed by atoms with Crippen LogP contribution in [0.1, 0.15) is 31.0 Å². The number of benzene rings is 1. The molecule has 0 spiro atoms. The quantitative estimate of drug-likeness (QED) is 0.898. The highest BCUT2D eigenvalue weighted by molar-refractivity contribution is 5.95. The average molecular weight is 352 g/mol. The molecule has 1 aliphatic rings. The lowest BCUT2D eigenvalue weighted by molar-refractivity contribution is -0.121. The van der Waals surface area contributed by atoms with Crippen molar-refractivity contribution >= 4 is 11.6 Å². The van der Waals surface area contributed by atoms with Crippen LogP contribution in [0.25, 0.3) is 0 Å². The van der Waals surface area contributed by atoms with E-state index in [-0.39, 0.29) is 11.9 Å². The summed E-state index contributed by atoms with van der Waals surface area (Å²) in [5, 5.41) is 3.06. The van der Waals surface area contributed by atoms with Gasteiger partial charge in [-0.05, 0) is 44.0 Å². The number of anilines is 1. The first-order valence-electron chi connectivity index (χ1n) is 9.31. The summed E-state index contributed by atoms with van der Waals surface area (Å²) in [5.41, 5.74) is 3.22. The van der Waals surface area contributed by atoms with Crippen LogP contribution in [0, 0.1) is 6.92 Å². The minimum Gasteiger partial charge on any atom is -0.324 e. The Balaban J connectivity index is 1.54. The molecule has 1 fully saturated rings. The zero-order valence-electron chi connectivity index (χ0n) is 15.9. The van der Waals surface area contributed by atoms with Gasteiger partial charge in [-0.15, -0.1) is 0 Å². The number of amides is 1. The van der Waals surface area contributed by atoms with Crippen LogP contribution < -0.4 is 5.32 Å². The highest BCUT2D eigenvalue weighted by atomic mass is 16.2. The van der Waals surface area contributed by atoms with E-state index in [9.17, 15) is 4.79 Å². The summed E-state index contributed by atoms with van der Waals surface area (Å²) in [7, 11) is 0. The van der Waals surface area contributed by atoms with Crippen molar-refractivity contribution < 1.29 is 4.79 Å². The summed E-state index contributed by atoms with van der Waals surface area (Å²) >= 11 is 0. The Morgan fingerprint density at radius 2 is 1.73 bits per heavy atom. The third-order valence-corrected chi connectivity index (χ3v) is 5.39. The molecule has 138 valence electrons. The number of rotatable bonds is 5. The van der Waals surface area contributed by atoms with Crippen LogP contribution in [0.3, 0.4) is 0 Å². The Hall–Kier alpha value is -2.24. The molecule has 2 unspecified atom stereocenters. The molecular formula is C21H28N4O. The van der Waals surface area contributed by atoms with Gasteiger partial charge in [0.1, 0.15) is 0 Å². The fourth-order valence-corrected chi connectivity index (χ4v) is 3.46. The Labute approximate surface area is 156 Å². The van der Waals surface area contributed by atoms with Gasteiger partial charge in [0.05, 0.1) is 6.04 Å². The largest absolute Gasteiger partial charge is 0.324 e. The number of piperazine rings is 1. The highest BCUT2D eigenvalue weighted by Gasteiger charge is 2.28. The van der Waals surface area contributed by atoms with E-state index in [1.165, 1.54) is 5.56 Å². The van der Waals surface area contributed by atoms with Crippen LogP contribution in [0.2, 0.25) is 0 Å². The van der Waals surface area contributed by atoms with Gasteiger partial charge in [0, 0.05) is 50.3 Å². The minimum atomic E-state index is -0.134. The Morgan fingerprint density at radius 3 is 2.38 bits per heavy atom. The fourth-order valence-electron chi connectivity index (χ4n) is 3.46. The van der Waals surface area contributed by atoms with Crippen molar-refractivity contribution in [2.45, 2.75) is 32.9 Å². The second-order valence-corrected chi connectivity index (χ2v) is 7.01. The van der Waals surface area contributed by atoms with E-state index in [2.05, 4.69) is 33.1 Å². The molecule has 26 heavy (non-hydrogen) atoms. The molecule has 1 aromatic carbocycles. The van der Waals surface area contributed by atoms with Gasteiger partial charge in [-0.2, -0.15) is 0 Å². The van der Waals surface area contributed by atoms with Gasteiger partial charge in [-0.3, -0.25) is 19.6 Å². The van der Waals surface area contributed by atoms with Crippen molar-refractivity contribution in [1.82, 2.24) is 14.8 Å². The van der Waals surface area contributed by atoms with Gasteiger partial charge in [-0.1, -0.05) is 24.3 Å². The standard InChI is InChI=1S/C21H28N4O/c1-16-7-4-5-9-20(16)23-21(26)18(3)25-13-11-24(12-14-25)17(2)19-8-6-10-22-15-19/h4-10,15,17-18H,11-14H2,1-3H3,(H,23,26). The summed E-state index contributed by atoms with van der Waals surface area (Å²) < 4.78 is 0. The van der Waals surface area contributed by atoms with Crippen LogP contribution in [0.5, 0.6) is 0 Å². The first-order chi connectivity index (χ1) is 12.6. The number of carbonyl (C=O) groups is 1. The minimum absolute atomic E-state index is 0.0630. The number of nitrogens with one attached hydrogen (secondary N) is 1. The molecule has 2 aromatic rings. The number of carbonyl (C=O) groups excluding carboxylic acids is 1. The van der Waals surface area contributed by atoms with E-state index >= 15 is 0 Å². The van der Waals surface area contributed by atoms with E-state index in [0.29, 0.717) is 6.04 Å². The second-order valence-electron chi connectivity index (χ2n) is 7.01. The van der Waals surface area contributed by atoms with Crippen molar-refractivity contribution in [3.8, 4) is 0 Å². The van der Waals surface area contributed by atoms with Crippen molar-refractivity contribution in [3.63, 3.8) is 0 Å². The maximum atomic E-state index is 12.6. The zero-order valence-corrected chi connectivity index (χ0v) is 15.9. The van der Waals surface area contributed by atoms with Crippen molar-refractivity contribution in [2.24, 2.45) is 0 Å². The van der Waals surface area contributed by atoms with Crippen LogP contribution >= 0.6 is 0 Å². The van der Waals surface area contributed by atoms with Crippen LogP contribution in [0.4, 0.5) is 5.69 Å². The molecule has 0 bridgehead atoms. The molecule has 5 heteroatoms. The summed E-state index contributed by atoms with van der Waals surface area (Å²) in [5.74, 6) is 0.0630. The maximum absolute atomic E-state index is 12.6. The van der Waals surface area contributed by atoms with E-state index in [1.54, 1.807) is 0 Å². The zero-order chi connectivity index (χ0) is 18.5. The lowest BCUT2D eigenvalue weighted by atomic mass is 10.1. The van der Waals surface area contributed by atoms with Crippen molar-refractivity contribution in [1.29, 1.82) is 0 Å². The summed E-state index contributed by atoms with van der Waals surface area (Å²) in [4.78, 5) is 21.6. The number of hydrogen-bond donors (Lipinski definition) is 1. The molecule has 0 radical (unpaired) electrons. The molecule has 1 aromatic heterocycles. The molecule has 1 saturated heterocycles. The number of aryl methyl sites for hydroxylation is 1. The van der Waals surface area contributed by atoms with E-state index < -0.39 is 0 Å². The maximum Gasteiger partial charge on any atom is 0.241 e. The monoisotopic (exact) mass is 352 g/mol. The SMILES string of the molecule is Cc1ccccc1NC(=O)C(C)N1CCN(C(C)c2cccnc2)CC1. The van der Waals surface area contributed by atoms with Gasteiger partial charge in [0.15, 0.2) is 0 Å². The molecule has 2 atom stereocenters. The van der Waals surface area contributed by atoms with E-state index in [0.717, 1.165) is 37.4 Å². The number of nitrogens with zero attached hydrogens (tertiary/aromatic N) is 3. The predicted molar refractivity (Wildman–Crippen MR) is 105 cm³/mol. The number of para-hydroxylation sites is 1. The first-order valence-corrected chi connectivity index (χ1v) is 9.31. The van der Waals surface area contributed by atoms with E-state index in [4.69, 9.17) is 0 Å². The Morgan fingerprint density at radius 1 is 1.04 bits per heavy atom. The third-order valence-electron chi connectivity index (χ3n) is 5.39. The first kappa shape index (κ1) is 18.5. The van der Waals surface area contributed by atoms with Crippen molar-refractivity contribution in [2.75, 3.05) is 31.5 Å².